The zero-order chi connectivity index (χ0) is 10.3. The minimum absolute atomic E-state index is 0. The highest BCUT2D eigenvalue weighted by Crippen LogP contribution is 2.31. The Bertz CT molecular complexity index is 604. The van der Waals surface area contributed by atoms with Gasteiger partial charge in [0, 0.05) is 5.69 Å². The van der Waals surface area contributed by atoms with E-state index in [1.807, 2.05) is 30.3 Å². The maximum atomic E-state index is 5.71. The van der Waals surface area contributed by atoms with Crippen molar-refractivity contribution in [2.45, 2.75) is 0 Å². The van der Waals surface area contributed by atoms with E-state index in [0.29, 0.717) is 0 Å². The van der Waals surface area contributed by atoms with Gasteiger partial charge in [-0.3, -0.25) is 0 Å². The number of nitrogens with two attached hydrogens (primary N) is 1. The number of aromatic nitrogens is 1. The van der Waals surface area contributed by atoms with E-state index in [-0.39, 0.29) is 12.4 Å². The van der Waals surface area contributed by atoms with E-state index in [1.165, 1.54) is 0 Å². The zero-order valence-corrected chi connectivity index (χ0v) is 9.85. The summed E-state index contributed by atoms with van der Waals surface area (Å²) in [5.41, 5.74) is 7.43. The van der Waals surface area contributed by atoms with E-state index in [9.17, 15) is 0 Å². The first-order valence-corrected chi connectivity index (χ1v) is 5.34. The Morgan fingerprint density at radius 2 is 2.12 bits per heavy atom. The van der Waals surface area contributed by atoms with E-state index >= 15 is 0 Å². The molecule has 0 spiro atoms. The second kappa shape index (κ2) is 4.15. The second-order valence-electron chi connectivity index (χ2n) is 3.22. The van der Waals surface area contributed by atoms with Gasteiger partial charge in [0.05, 0.1) is 16.5 Å². The molecule has 0 saturated heterocycles. The average Bonchev–Trinajstić information content (AvgIpc) is 2.84. The molecule has 2 N–H and O–H groups in total. The van der Waals surface area contributed by atoms with Crippen molar-refractivity contribution in [2.75, 3.05) is 5.73 Å². The summed E-state index contributed by atoms with van der Waals surface area (Å²) in [6.45, 7) is 0. The monoisotopic (exact) mass is 252 g/mol. The van der Waals surface area contributed by atoms with Gasteiger partial charge in [0.1, 0.15) is 0 Å². The number of furan rings is 1. The van der Waals surface area contributed by atoms with Crippen LogP contribution in [0.2, 0.25) is 0 Å². The van der Waals surface area contributed by atoms with Crippen molar-refractivity contribution < 1.29 is 4.42 Å². The number of halogens is 1. The van der Waals surface area contributed by atoms with Crippen LogP contribution in [0.1, 0.15) is 0 Å². The Morgan fingerprint density at radius 3 is 2.88 bits per heavy atom. The van der Waals surface area contributed by atoms with E-state index < -0.39 is 0 Å². The molecule has 0 bridgehead atoms. The Hall–Kier alpha value is -1.52. The van der Waals surface area contributed by atoms with E-state index in [1.54, 1.807) is 17.6 Å². The quantitative estimate of drug-likeness (QED) is 0.674. The van der Waals surface area contributed by atoms with Crippen LogP contribution < -0.4 is 5.73 Å². The van der Waals surface area contributed by atoms with Crippen molar-refractivity contribution in [3.05, 3.63) is 36.6 Å². The fourth-order valence-corrected chi connectivity index (χ4v) is 2.43. The minimum Gasteiger partial charge on any atom is -0.462 e. The molecular weight excluding hydrogens is 244 g/mol. The molecule has 0 aliphatic heterocycles. The first kappa shape index (κ1) is 11.0. The number of anilines is 1. The van der Waals surface area contributed by atoms with E-state index in [0.717, 1.165) is 26.7 Å². The van der Waals surface area contributed by atoms with E-state index in [2.05, 4.69) is 4.98 Å². The van der Waals surface area contributed by atoms with Gasteiger partial charge in [-0.1, -0.05) is 0 Å². The van der Waals surface area contributed by atoms with Crippen LogP contribution in [-0.2, 0) is 0 Å². The maximum Gasteiger partial charge on any atom is 0.162 e. The van der Waals surface area contributed by atoms with Gasteiger partial charge < -0.3 is 10.2 Å². The summed E-state index contributed by atoms with van der Waals surface area (Å²) in [4.78, 5) is 4.47. The molecule has 1 aromatic carbocycles. The highest BCUT2D eigenvalue weighted by Gasteiger charge is 2.07. The molecule has 3 nitrogen and oxygen atoms in total. The maximum absolute atomic E-state index is 5.71. The number of nitrogen functional groups attached to an aromatic ring is 1. The fourth-order valence-electron chi connectivity index (χ4n) is 1.45. The fraction of sp³-hybridized carbons (Fsp3) is 0. The molecule has 0 atom stereocenters. The van der Waals surface area contributed by atoms with Gasteiger partial charge in [-0.05, 0) is 30.3 Å². The highest BCUT2D eigenvalue weighted by molar-refractivity contribution is 7.21. The number of thiazole rings is 1. The van der Waals surface area contributed by atoms with Crippen LogP contribution in [0.4, 0.5) is 5.69 Å². The van der Waals surface area contributed by atoms with Crippen LogP contribution in [0.15, 0.2) is 41.0 Å². The molecule has 16 heavy (non-hydrogen) atoms. The van der Waals surface area contributed by atoms with Gasteiger partial charge in [0.25, 0.3) is 0 Å². The van der Waals surface area contributed by atoms with Crippen LogP contribution in [0.25, 0.3) is 21.0 Å². The molecule has 0 unspecified atom stereocenters. The van der Waals surface area contributed by atoms with Crippen molar-refractivity contribution >= 4 is 39.6 Å². The smallest absolute Gasteiger partial charge is 0.162 e. The van der Waals surface area contributed by atoms with Crippen LogP contribution in [0, 0.1) is 0 Å². The van der Waals surface area contributed by atoms with Crippen LogP contribution in [0.5, 0.6) is 0 Å². The lowest BCUT2D eigenvalue weighted by Crippen LogP contribution is -1.81. The molecule has 3 aromatic rings. The minimum atomic E-state index is 0. The summed E-state index contributed by atoms with van der Waals surface area (Å²) in [5, 5.41) is 0.889. The molecule has 2 aromatic heterocycles. The molecule has 82 valence electrons. The molecule has 0 aliphatic rings. The van der Waals surface area contributed by atoms with Gasteiger partial charge in [-0.2, -0.15) is 0 Å². The van der Waals surface area contributed by atoms with Crippen molar-refractivity contribution in [3.63, 3.8) is 0 Å². The summed E-state index contributed by atoms with van der Waals surface area (Å²) >= 11 is 1.58. The molecule has 0 aliphatic carbocycles. The Morgan fingerprint density at radius 1 is 1.25 bits per heavy atom. The predicted molar refractivity (Wildman–Crippen MR) is 69.0 cm³/mol. The van der Waals surface area contributed by atoms with Gasteiger partial charge in [-0.25, -0.2) is 4.98 Å². The van der Waals surface area contributed by atoms with Crippen LogP contribution in [0.3, 0.4) is 0 Å². The van der Waals surface area contributed by atoms with Crippen molar-refractivity contribution in [1.29, 1.82) is 0 Å². The Kier molecular flexibility index (Phi) is 2.85. The lowest BCUT2D eigenvalue weighted by molar-refractivity contribution is 0.582. The lowest BCUT2D eigenvalue weighted by atomic mass is 10.3. The topological polar surface area (TPSA) is 52.0 Å². The standard InChI is InChI=1S/C11H8N2OS.ClH/c12-7-3-4-8-10(6-7)15-11(13-8)9-2-1-5-14-9;/h1-6H,12H2;1H. The molecule has 0 amide bonds. The van der Waals surface area contributed by atoms with E-state index in [4.69, 9.17) is 10.2 Å². The first-order valence-electron chi connectivity index (χ1n) is 4.53. The number of benzene rings is 1. The van der Waals surface area contributed by atoms with Crippen LogP contribution >= 0.6 is 23.7 Å². The Labute approximate surface area is 102 Å². The third kappa shape index (κ3) is 1.77. The SMILES string of the molecule is Cl.Nc1ccc2nc(-c3ccco3)sc2c1. The second-order valence-corrected chi connectivity index (χ2v) is 4.25. The lowest BCUT2D eigenvalue weighted by Gasteiger charge is -1.89. The largest absolute Gasteiger partial charge is 0.462 e. The molecule has 0 radical (unpaired) electrons. The van der Waals surface area contributed by atoms with Crippen molar-refractivity contribution in [3.8, 4) is 10.8 Å². The van der Waals surface area contributed by atoms with Crippen LogP contribution in [-0.4, -0.2) is 4.98 Å². The third-order valence-corrected chi connectivity index (χ3v) is 3.18. The van der Waals surface area contributed by atoms with Gasteiger partial charge in [0.2, 0.25) is 0 Å². The molecule has 5 heteroatoms. The number of fused-ring (bicyclic) bond motifs is 1. The summed E-state index contributed by atoms with van der Waals surface area (Å²) in [6.07, 6.45) is 1.65. The predicted octanol–water partition coefficient (Wildman–Crippen LogP) is 3.56. The normalized spacial score (nSPS) is 10.2. The third-order valence-electron chi connectivity index (χ3n) is 2.14. The summed E-state index contributed by atoms with van der Waals surface area (Å²) in [6, 6.07) is 9.47. The average molecular weight is 253 g/mol. The molecule has 0 fully saturated rings. The van der Waals surface area contributed by atoms with Crippen molar-refractivity contribution in [2.24, 2.45) is 0 Å². The Balaban J connectivity index is 0.000000963. The molecule has 3 rings (SSSR count). The number of hydrogen-bond acceptors (Lipinski definition) is 4. The van der Waals surface area contributed by atoms with Gasteiger partial charge in [0.15, 0.2) is 10.8 Å². The summed E-state index contributed by atoms with van der Waals surface area (Å²) in [5.74, 6) is 0.801. The number of hydrogen-bond donors (Lipinski definition) is 1. The molecular formula is C11H9ClN2OS. The molecule has 2 heterocycles. The number of rotatable bonds is 1. The highest BCUT2D eigenvalue weighted by atomic mass is 35.5. The van der Waals surface area contributed by atoms with Gasteiger partial charge in [-0.15, -0.1) is 23.7 Å². The summed E-state index contributed by atoms with van der Waals surface area (Å²) < 4.78 is 6.38. The number of nitrogens with zero attached hydrogens (tertiary/aromatic N) is 1. The molecule has 0 saturated carbocycles. The van der Waals surface area contributed by atoms with Crippen molar-refractivity contribution in [1.82, 2.24) is 4.98 Å². The van der Waals surface area contributed by atoms with Gasteiger partial charge >= 0.3 is 0 Å². The zero-order valence-electron chi connectivity index (χ0n) is 8.21. The first-order chi connectivity index (χ1) is 7.33. The summed E-state index contributed by atoms with van der Waals surface area (Å²) in [7, 11) is 0.